The zero-order chi connectivity index (χ0) is 16.4. The topological polar surface area (TPSA) is 41.1 Å². The zero-order valence-corrected chi connectivity index (χ0v) is 14.6. The van der Waals surface area contributed by atoms with Gasteiger partial charge in [-0.3, -0.25) is 4.90 Å². The predicted molar refractivity (Wildman–Crippen MR) is 95.9 cm³/mol. The van der Waals surface area contributed by atoms with Crippen LogP contribution in [0.15, 0.2) is 30.5 Å². The molecule has 2 aliphatic rings. The van der Waals surface area contributed by atoms with Crippen molar-refractivity contribution in [3.8, 4) is 0 Å². The van der Waals surface area contributed by atoms with Crippen molar-refractivity contribution < 1.29 is 0 Å². The minimum atomic E-state index is 0.338. The first kappa shape index (κ1) is 16.0. The van der Waals surface area contributed by atoms with E-state index in [1.807, 2.05) is 24.4 Å². The lowest BCUT2D eigenvalue weighted by Crippen LogP contribution is -2.33. The maximum Gasteiger partial charge on any atom is 0.145 e. The van der Waals surface area contributed by atoms with Crippen LogP contribution in [0.4, 0.5) is 0 Å². The average molecular weight is 343 g/mol. The number of rotatable bonds is 3. The van der Waals surface area contributed by atoms with Gasteiger partial charge in [0.05, 0.1) is 6.04 Å². The van der Waals surface area contributed by atoms with Gasteiger partial charge in [-0.25, -0.2) is 9.97 Å². The van der Waals surface area contributed by atoms with Crippen LogP contribution >= 0.6 is 11.6 Å². The third-order valence-electron chi connectivity index (χ3n) is 5.01. The molecule has 2 aliphatic heterocycles. The maximum absolute atomic E-state index is 6.29. The number of nitrogens with zero attached hydrogens (tertiary/aromatic N) is 3. The van der Waals surface area contributed by atoms with E-state index >= 15 is 0 Å². The summed E-state index contributed by atoms with van der Waals surface area (Å²) in [6.07, 6.45) is 6.70. The second-order valence-electron chi connectivity index (χ2n) is 6.75. The van der Waals surface area contributed by atoms with Crippen LogP contribution < -0.4 is 5.32 Å². The maximum atomic E-state index is 6.29. The lowest BCUT2D eigenvalue weighted by molar-refractivity contribution is 0.242. The van der Waals surface area contributed by atoms with Gasteiger partial charge in [-0.2, -0.15) is 0 Å². The summed E-state index contributed by atoms with van der Waals surface area (Å²) in [5.41, 5.74) is 3.67. The van der Waals surface area contributed by atoms with E-state index in [9.17, 15) is 0 Å². The van der Waals surface area contributed by atoms with E-state index in [1.165, 1.54) is 29.7 Å². The van der Waals surface area contributed by atoms with Crippen molar-refractivity contribution in [3.05, 3.63) is 58.1 Å². The van der Waals surface area contributed by atoms with Gasteiger partial charge in [-0.15, -0.1) is 0 Å². The van der Waals surface area contributed by atoms with Crippen LogP contribution in [-0.2, 0) is 19.5 Å². The molecule has 126 valence electrons. The molecule has 4 rings (SSSR count). The molecule has 24 heavy (non-hydrogen) atoms. The van der Waals surface area contributed by atoms with E-state index in [2.05, 4.69) is 21.3 Å². The van der Waals surface area contributed by atoms with Gasteiger partial charge in [-0.05, 0) is 31.0 Å². The Hall–Kier alpha value is -1.49. The van der Waals surface area contributed by atoms with Gasteiger partial charge < -0.3 is 5.32 Å². The van der Waals surface area contributed by atoms with Gasteiger partial charge in [0, 0.05) is 48.5 Å². The zero-order valence-electron chi connectivity index (χ0n) is 13.8. The monoisotopic (exact) mass is 342 g/mol. The van der Waals surface area contributed by atoms with E-state index in [0.29, 0.717) is 6.04 Å². The number of benzene rings is 1. The lowest BCUT2D eigenvalue weighted by Gasteiger charge is -2.29. The molecule has 0 radical (unpaired) electrons. The van der Waals surface area contributed by atoms with Crippen molar-refractivity contribution in [2.45, 2.75) is 44.8 Å². The van der Waals surface area contributed by atoms with Gasteiger partial charge in [0.1, 0.15) is 5.82 Å². The highest BCUT2D eigenvalue weighted by molar-refractivity contribution is 6.31. The SMILES string of the molecule is Clc1ccccc1CN1CCc2nc([C@@H]3CCCCN3)ncc2C1. The fourth-order valence-corrected chi connectivity index (χ4v) is 3.83. The Balaban J connectivity index is 1.46. The number of fused-ring (bicyclic) bond motifs is 1. The Morgan fingerprint density at radius 2 is 2.17 bits per heavy atom. The number of nitrogens with one attached hydrogen (secondary N) is 1. The van der Waals surface area contributed by atoms with Crippen LogP contribution in [-0.4, -0.2) is 28.0 Å². The summed E-state index contributed by atoms with van der Waals surface area (Å²) < 4.78 is 0. The van der Waals surface area contributed by atoms with E-state index in [1.54, 1.807) is 0 Å². The second-order valence-corrected chi connectivity index (χ2v) is 7.16. The fraction of sp³-hybridized carbons (Fsp3) is 0.474. The van der Waals surface area contributed by atoms with Crippen LogP contribution in [0.1, 0.15) is 47.9 Å². The molecule has 1 saturated heterocycles. The largest absolute Gasteiger partial charge is 0.307 e. The summed E-state index contributed by atoms with van der Waals surface area (Å²) in [6.45, 7) is 3.88. The fourth-order valence-electron chi connectivity index (χ4n) is 3.63. The highest BCUT2D eigenvalue weighted by Gasteiger charge is 2.22. The van der Waals surface area contributed by atoms with Crippen molar-refractivity contribution in [2.24, 2.45) is 0 Å². The van der Waals surface area contributed by atoms with E-state index in [4.69, 9.17) is 16.6 Å². The Kier molecular flexibility index (Phi) is 4.79. The van der Waals surface area contributed by atoms with Crippen LogP contribution in [0.3, 0.4) is 0 Å². The Morgan fingerprint density at radius 3 is 3.00 bits per heavy atom. The second kappa shape index (κ2) is 7.18. The number of hydrogen-bond donors (Lipinski definition) is 1. The molecule has 1 fully saturated rings. The van der Waals surface area contributed by atoms with Gasteiger partial charge in [0.2, 0.25) is 0 Å². The molecule has 1 aromatic heterocycles. The summed E-state index contributed by atoms with van der Waals surface area (Å²) in [7, 11) is 0. The standard InChI is InChI=1S/C19H23ClN4/c20-16-6-2-1-5-14(16)12-24-10-8-17-15(13-24)11-22-19(23-17)18-7-3-4-9-21-18/h1-2,5-6,11,18,21H,3-4,7-10,12-13H2/t18-/m0/s1. The quantitative estimate of drug-likeness (QED) is 0.926. The first-order valence-corrected chi connectivity index (χ1v) is 9.21. The molecule has 1 atom stereocenters. The summed E-state index contributed by atoms with van der Waals surface area (Å²) in [4.78, 5) is 11.9. The molecule has 4 nitrogen and oxygen atoms in total. The minimum absolute atomic E-state index is 0.338. The highest BCUT2D eigenvalue weighted by atomic mass is 35.5. The summed E-state index contributed by atoms with van der Waals surface area (Å²) in [5, 5.41) is 4.39. The van der Waals surface area contributed by atoms with Crippen molar-refractivity contribution >= 4 is 11.6 Å². The van der Waals surface area contributed by atoms with E-state index < -0.39 is 0 Å². The number of hydrogen-bond acceptors (Lipinski definition) is 4. The molecule has 3 heterocycles. The average Bonchev–Trinajstić information content (AvgIpc) is 2.64. The van der Waals surface area contributed by atoms with Gasteiger partial charge in [0.25, 0.3) is 0 Å². The van der Waals surface area contributed by atoms with Crippen LogP contribution in [0.25, 0.3) is 0 Å². The van der Waals surface area contributed by atoms with Crippen LogP contribution in [0.2, 0.25) is 5.02 Å². The lowest BCUT2D eigenvalue weighted by atomic mass is 10.0. The molecule has 0 bridgehead atoms. The minimum Gasteiger partial charge on any atom is -0.307 e. The summed E-state index contributed by atoms with van der Waals surface area (Å²) >= 11 is 6.29. The van der Waals surface area contributed by atoms with Gasteiger partial charge in [-0.1, -0.05) is 36.2 Å². The molecule has 1 aromatic carbocycles. The number of aromatic nitrogens is 2. The third kappa shape index (κ3) is 3.46. The molecular formula is C19H23ClN4. The normalized spacial score (nSPS) is 21.5. The molecule has 5 heteroatoms. The van der Waals surface area contributed by atoms with Gasteiger partial charge >= 0.3 is 0 Å². The molecule has 1 N–H and O–H groups in total. The van der Waals surface area contributed by atoms with Crippen molar-refractivity contribution in [2.75, 3.05) is 13.1 Å². The smallest absolute Gasteiger partial charge is 0.145 e. The molecule has 0 unspecified atom stereocenters. The van der Waals surface area contributed by atoms with Crippen molar-refractivity contribution in [3.63, 3.8) is 0 Å². The van der Waals surface area contributed by atoms with Crippen molar-refractivity contribution in [1.82, 2.24) is 20.2 Å². The van der Waals surface area contributed by atoms with Crippen molar-refractivity contribution in [1.29, 1.82) is 0 Å². The van der Waals surface area contributed by atoms with Crippen LogP contribution in [0, 0.1) is 0 Å². The number of piperidine rings is 1. The van der Waals surface area contributed by atoms with Crippen LogP contribution in [0.5, 0.6) is 0 Å². The van der Waals surface area contributed by atoms with Gasteiger partial charge in [0.15, 0.2) is 0 Å². The third-order valence-corrected chi connectivity index (χ3v) is 5.37. The molecular weight excluding hydrogens is 320 g/mol. The number of halogens is 1. The molecule has 0 spiro atoms. The summed E-state index contributed by atoms with van der Waals surface area (Å²) in [6, 6.07) is 8.43. The Labute approximate surface area is 148 Å². The van der Waals surface area contributed by atoms with E-state index in [-0.39, 0.29) is 0 Å². The molecule has 2 aromatic rings. The first-order chi connectivity index (χ1) is 11.8. The van der Waals surface area contributed by atoms with E-state index in [0.717, 1.165) is 49.9 Å². The molecule has 0 aliphatic carbocycles. The Morgan fingerprint density at radius 1 is 1.25 bits per heavy atom. The first-order valence-electron chi connectivity index (χ1n) is 8.83. The summed E-state index contributed by atoms with van der Waals surface area (Å²) in [5.74, 6) is 0.980. The molecule has 0 amide bonds. The molecule has 0 saturated carbocycles. The highest BCUT2D eigenvalue weighted by Crippen LogP contribution is 2.25. The Bertz CT molecular complexity index is 712. The predicted octanol–water partition coefficient (Wildman–Crippen LogP) is 3.50.